The van der Waals surface area contributed by atoms with E-state index >= 15 is 0 Å². The second-order valence-corrected chi connectivity index (χ2v) is 6.97. The molecule has 24 heavy (non-hydrogen) atoms. The number of nitro groups is 1. The molecule has 5 nitrogen and oxygen atoms in total. The van der Waals surface area contributed by atoms with Gasteiger partial charge in [-0.2, -0.15) is 0 Å². The van der Waals surface area contributed by atoms with Gasteiger partial charge in [0.1, 0.15) is 0 Å². The van der Waals surface area contributed by atoms with Gasteiger partial charge in [0.25, 0.3) is 11.6 Å². The lowest BCUT2D eigenvalue weighted by Crippen LogP contribution is -2.27. The molecule has 0 radical (unpaired) electrons. The van der Waals surface area contributed by atoms with Gasteiger partial charge in [-0.15, -0.1) is 0 Å². The summed E-state index contributed by atoms with van der Waals surface area (Å²) >= 11 is 1.34. The minimum absolute atomic E-state index is 0.0226. The fraction of sp³-hybridized carbons (Fsp3) is 0.278. The molecule has 1 aliphatic heterocycles. The van der Waals surface area contributed by atoms with Crippen LogP contribution in [0.1, 0.15) is 28.8 Å². The summed E-state index contributed by atoms with van der Waals surface area (Å²) < 4.78 is 0. The van der Waals surface area contributed by atoms with Crippen LogP contribution in [0, 0.1) is 17.0 Å². The molecule has 0 aromatic heterocycles. The van der Waals surface area contributed by atoms with Crippen LogP contribution in [0.25, 0.3) is 0 Å². The zero-order chi connectivity index (χ0) is 17.1. The number of carbonyl (C=O) groups excluding carboxylic acids is 1. The van der Waals surface area contributed by atoms with E-state index in [2.05, 4.69) is 0 Å². The van der Waals surface area contributed by atoms with E-state index in [4.69, 9.17) is 0 Å². The number of amides is 1. The van der Waals surface area contributed by atoms with Crippen molar-refractivity contribution in [3.63, 3.8) is 0 Å². The van der Waals surface area contributed by atoms with Crippen LogP contribution in [0.3, 0.4) is 0 Å². The van der Waals surface area contributed by atoms with Gasteiger partial charge in [-0.25, -0.2) is 0 Å². The largest absolute Gasteiger partial charge is 0.339 e. The van der Waals surface area contributed by atoms with Gasteiger partial charge in [0.2, 0.25) is 0 Å². The number of carbonyl (C=O) groups is 1. The second kappa shape index (κ2) is 7.05. The van der Waals surface area contributed by atoms with E-state index in [0.29, 0.717) is 10.5 Å². The Labute approximate surface area is 144 Å². The zero-order valence-corrected chi connectivity index (χ0v) is 14.2. The van der Waals surface area contributed by atoms with Crippen LogP contribution in [0.2, 0.25) is 0 Å². The minimum Gasteiger partial charge on any atom is -0.339 e. The summed E-state index contributed by atoms with van der Waals surface area (Å²) in [6.07, 6.45) is 1.99. The Hall–Kier alpha value is -2.34. The van der Waals surface area contributed by atoms with Gasteiger partial charge in [0.15, 0.2) is 0 Å². The molecule has 0 atom stereocenters. The highest BCUT2D eigenvalue weighted by Gasteiger charge is 2.23. The van der Waals surface area contributed by atoms with Gasteiger partial charge in [-0.05, 0) is 44.0 Å². The highest BCUT2D eigenvalue weighted by Crippen LogP contribution is 2.35. The van der Waals surface area contributed by atoms with Crippen molar-refractivity contribution >= 4 is 23.4 Å². The van der Waals surface area contributed by atoms with Gasteiger partial charge < -0.3 is 4.90 Å². The number of aryl methyl sites for hydroxylation is 1. The van der Waals surface area contributed by atoms with Crippen LogP contribution in [0.15, 0.2) is 52.3 Å². The molecule has 1 saturated heterocycles. The lowest BCUT2D eigenvalue weighted by Gasteiger charge is -2.15. The maximum atomic E-state index is 12.4. The number of hydrogen-bond donors (Lipinski definition) is 0. The predicted octanol–water partition coefficient (Wildman–Crippen LogP) is 4.29. The van der Waals surface area contributed by atoms with Crippen molar-refractivity contribution in [2.24, 2.45) is 0 Å². The molecule has 1 fully saturated rings. The fourth-order valence-corrected chi connectivity index (χ4v) is 3.62. The molecule has 1 amide bonds. The number of nitrogens with zero attached hydrogens (tertiary/aromatic N) is 2. The summed E-state index contributed by atoms with van der Waals surface area (Å²) in [4.78, 5) is 26.7. The first-order chi connectivity index (χ1) is 11.5. The summed E-state index contributed by atoms with van der Waals surface area (Å²) in [5, 5.41) is 11.4. The van der Waals surface area contributed by atoms with Crippen LogP contribution in [0.5, 0.6) is 0 Å². The molecule has 1 aliphatic rings. The molecule has 3 rings (SSSR count). The number of rotatable bonds is 4. The molecule has 1 heterocycles. The number of benzene rings is 2. The van der Waals surface area contributed by atoms with Crippen molar-refractivity contribution in [3.8, 4) is 0 Å². The van der Waals surface area contributed by atoms with Gasteiger partial charge in [-0.3, -0.25) is 14.9 Å². The zero-order valence-electron chi connectivity index (χ0n) is 13.4. The Morgan fingerprint density at radius 1 is 1.12 bits per heavy atom. The molecule has 0 bridgehead atoms. The Balaban J connectivity index is 1.88. The lowest BCUT2D eigenvalue weighted by molar-refractivity contribution is -0.387. The number of hydrogen-bond acceptors (Lipinski definition) is 4. The average molecular weight is 342 g/mol. The first-order valence-electron chi connectivity index (χ1n) is 7.87. The van der Waals surface area contributed by atoms with E-state index in [9.17, 15) is 14.9 Å². The Bertz CT molecular complexity index is 768. The molecule has 124 valence electrons. The third kappa shape index (κ3) is 3.59. The van der Waals surface area contributed by atoms with Crippen molar-refractivity contribution in [3.05, 3.63) is 63.7 Å². The maximum absolute atomic E-state index is 12.4. The van der Waals surface area contributed by atoms with Crippen molar-refractivity contribution in [2.45, 2.75) is 29.6 Å². The van der Waals surface area contributed by atoms with Crippen LogP contribution >= 0.6 is 11.8 Å². The molecule has 0 spiro atoms. The third-order valence-electron chi connectivity index (χ3n) is 4.04. The smallest absolute Gasteiger partial charge is 0.284 e. The highest BCUT2D eigenvalue weighted by atomic mass is 32.2. The van der Waals surface area contributed by atoms with Crippen LogP contribution in [-0.4, -0.2) is 28.8 Å². The van der Waals surface area contributed by atoms with Crippen molar-refractivity contribution in [1.82, 2.24) is 4.90 Å². The molecule has 0 saturated carbocycles. The fourth-order valence-electron chi connectivity index (χ4n) is 2.72. The maximum Gasteiger partial charge on any atom is 0.284 e. The van der Waals surface area contributed by atoms with E-state index < -0.39 is 4.92 Å². The van der Waals surface area contributed by atoms with Crippen molar-refractivity contribution in [1.29, 1.82) is 0 Å². The van der Waals surface area contributed by atoms with Crippen LogP contribution in [-0.2, 0) is 0 Å². The van der Waals surface area contributed by atoms with Crippen molar-refractivity contribution in [2.75, 3.05) is 13.1 Å². The Morgan fingerprint density at radius 3 is 2.42 bits per heavy atom. The molecule has 0 unspecified atom stereocenters. The van der Waals surface area contributed by atoms with E-state index in [0.717, 1.165) is 36.4 Å². The van der Waals surface area contributed by atoms with Crippen LogP contribution in [0.4, 0.5) is 5.69 Å². The first-order valence-corrected chi connectivity index (χ1v) is 8.68. The average Bonchev–Trinajstić information content (AvgIpc) is 3.11. The quantitative estimate of drug-likeness (QED) is 0.614. The summed E-state index contributed by atoms with van der Waals surface area (Å²) in [5.74, 6) is -0.123. The summed E-state index contributed by atoms with van der Waals surface area (Å²) in [7, 11) is 0. The molecule has 2 aromatic carbocycles. The van der Waals surface area contributed by atoms with E-state index in [1.54, 1.807) is 17.0 Å². The third-order valence-corrected chi connectivity index (χ3v) is 5.12. The van der Waals surface area contributed by atoms with Gasteiger partial charge in [-0.1, -0.05) is 29.5 Å². The molecule has 0 aliphatic carbocycles. The summed E-state index contributed by atoms with van der Waals surface area (Å²) in [6.45, 7) is 3.45. The lowest BCUT2D eigenvalue weighted by atomic mass is 10.2. The second-order valence-electron chi connectivity index (χ2n) is 5.85. The van der Waals surface area contributed by atoms with E-state index in [1.165, 1.54) is 17.8 Å². The van der Waals surface area contributed by atoms with E-state index in [1.807, 2.05) is 31.2 Å². The monoisotopic (exact) mass is 342 g/mol. The number of likely N-dealkylation sites (tertiary alicyclic amines) is 1. The van der Waals surface area contributed by atoms with Gasteiger partial charge in [0.05, 0.1) is 9.82 Å². The summed E-state index contributed by atoms with van der Waals surface area (Å²) in [5.41, 5.74) is 1.50. The predicted molar refractivity (Wildman–Crippen MR) is 93.5 cm³/mol. The standard InChI is InChI=1S/C18H18N2O3S/c1-13-4-7-15(8-5-13)24-17-9-6-14(12-16(17)20(22)23)18(21)19-10-2-3-11-19/h4-9,12H,2-3,10-11H2,1H3. The minimum atomic E-state index is -0.419. The molecular weight excluding hydrogens is 324 g/mol. The topological polar surface area (TPSA) is 63.5 Å². The van der Waals surface area contributed by atoms with E-state index in [-0.39, 0.29) is 11.6 Å². The van der Waals surface area contributed by atoms with Crippen molar-refractivity contribution < 1.29 is 9.72 Å². The first kappa shape index (κ1) is 16.5. The molecular formula is C18H18N2O3S. The SMILES string of the molecule is Cc1ccc(Sc2ccc(C(=O)N3CCCC3)cc2[N+](=O)[O-])cc1. The molecule has 6 heteroatoms. The Morgan fingerprint density at radius 2 is 1.79 bits per heavy atom. The molecule has 2 aromatic rings. The highest BCUT2D eigenvalue weighted by molar-refractivity contribution is 7.99. The van der Waals surface area contributed by atoms with Gasteiger partial charge >= 0.3 is 0 Å². The van der Waals surface area contributed by atoms with Gasteiger partial charge in [0, 0.05) is 29.6 Å². The number of nitro benzene ring substituents is 1. The molecule has 0 N–H and O–H groups in total. The Kier molecular flexibility index (Phi) is 4.85. The normalized spacial score (nSPS) is 14.0. The summed E-state index contributed by atoms with van der Waals surface area (Å²) in [6, 6.07) is 12.6. The van der Waals surface area contributed by atoms with Crippen LogP contribution < -0.4 is 0 Å².